The van der Waals surface area contributed by atoms with E-state index in [0.29, 0.717) is 22.9 Å². The van der Waals surface area contributed by atoms with Gasteiger partial charge in [-0.2, -0.15) is 0 Å². The Bertz CT molecular complexity index is 1180. The van der Waals surface area contributed by atoms with Gasteiger partial charge in [0.1, 0.15) is 10.8 Å². The second-order valence-electron chi connectivity index (χ2n) is 7.66. The monoisotopic (exact) mass is 500 g/mol. The number of aromatic nitrogens is 2. The van der Waals surface area contributed by atoms with E-state index in [1.165, 1.54) is 16.8 Å². The number of alkyl halides is 3. The zero-order chi connectivity index (χ0) is 23.8. The summed E-state index contributed by atoms with van der Waals surface area (Å²) in [5.41, 5.74) is 1.57. The van der Waals surface area contributed by atoms with E-state index in [0.717, 1.165) is 44.0 Å². The molecule has 33 heavy (non-hydrogen) atoms. The Balaban J connectivity index is 1.49. The van der Waals surface area contributed by atoms with Gasteiger partial charge in [-0.15, -0.1) is 13.2 Å². The lowest BCUT2D eigenvalue weighted by Gasteiger charge is -2.36. The molecule has 0 spiro atoms. The molecular formula is C22H21Cl2F3N4O2. The lowest BCUT2D eigenvalue weighted by Crippen LogP contribution is -2.46. The molecular weight excluding hydrogens is 480 g/mol. The molecule has 4 rings (SSSR count). The summed E-state index contributed by atoms with van der Waals surface area (Å²) in [5.74, 6) is -0.365. The second-order valence-corrected chi connectivity index (χ2v) is 8.44. The Kier molecular flexibility index (Phi) is 6.65. The van der Waals surface area contributed by atoms with Gasteiger partial charge in [-0.25, -0.2) is 4.68 Å². The third-order valence-electron chi connectivity index (χ3n) is 5.58. The minimum Gasteiger partial charge on any atom is -0.406 e. The fraction of sp³-hybridized carbons (Fsp3) is 0.318. The van der Waals surface area contributed by atoms with Crippen LogP contribution in [0.2, 0.25) is 10.0 Å². The number of nitrogens with zero attached hydrogens (tertiary/aromatic N) is 4. The number of halogens is 5. The molecule has 6 nitrogen and oxygen atoms in total. The van der Waals surface area contributed by atoms with Gasteiger partial charge in [-0.1, -0.05) is 35.3 Å². The van der Waals surface area contributed by atoms with Crippen molar-refractivity contribution in [2.24, 2.45) is 7.05 Å². The molecule has 1 aliphatic rings. The number of ether oxygens (including phenoxy) is 1. The highest BCUT2D eigenvalue weighted by Crippen LogP contribution is 2.27. The van der Waals surface area contributed by atoms with Gasteiger partial charge in [0, 0.05) is 39.8 Å². The predicted molar refractivity (Wildman–Crippen MR) is 122 cm³/mol. The van der Waals surface area contributed by atoms with E-state index < -0.39 is 11.9 Å². The van der Waals surface area contributed by atoms with Crippen LogP contribution >= 0.6 is 23.2 Å². The van der Waals surface area contributed by atoms with Crippen LogP contribution in [0.25, 0.3) is 5.69 Å². The van der Waals surface area contributed by atoms with Gasteiger partial charge in [0.25, 0.3) is 5.56 Å². The quantitative estimate of drug-likeness (QED) is 0.509. The third kappa shape index (κ3) is 5.15. The van der Waals surface area contributed by atoms with Crippen LogP contribution < -0.4 is 15.2 Å². The summed E-state index contributed by atoms with van der Waals surface area (Å²) in [5, 5.41) is 0.793. The molecule has 176 valence electrons. The maximum atomic E-state index is 12.8. The first kappa shape index (κ1) is 23.5. The number of anilines is 1. The Labute approximate surface area is 198 Å². The van der Waals surface area contributed by atoms with E-state index in [1.54, 1.807) is 11.7 Å². The van der Waals surface area contributed by atoms with Gasteiger partial charge in [0.05, 0.1) is 22.1 Å². The van der Waals surface area contributed by atoms with Crippen LogP contribution in [0.3, 0.4) is 0 Å². The summed E-state index contributed by atoms with van der Waals surface area (Å²) < 4.78 is 44.0. The molecule has 2 heterocycles. The summed E-state index contributed by atoms with van der Waals surface area (Å²) in [6.45, 7) is 3.52. The molecule has 0 unspecified atom stereocenters. The van der Waals surface area contributed by atoms with Gasteiger partial charge < -0.3 is 9.64 Å². The van der Waals surface area contributed by atoms with Gasteiger partial charge in [0.15, 0.2) is 0 Å². The topological polar surface area (TPSA) is 42.6 Å². The molecule has 2 aromatic carbocycles. The molecule has 1 aliphatic heterocycles. The molecule has 0 aliphatic carbocycles. The average molecular weight is 501 g/mol. The van der Waals surface area contributed by atoms with Gasteiger partial charge in [-0.05, 0) is 36.4 Å². The normalized spacial score (nSPS) is 15.2. The smallest absolute Gasteiger partial charge is 0.406 e. The van der Waals surface area contributed by atoms with Crippen LogP contribution in [0.4, 0.5) is 18.9 Å². The van der Waals surface area contributed by atoms with Crippen molar-refractivity contribution in [1.29, 1.82) is 0 Å². The lowest BCUT2D eigenvalue weighted by atomic mass is 10.2. The van der Waals surface area contributed by atoms with E-state index in [2.05, 4.69) is 14.5 Å². The number of rotatable bonds is 5. The minimum atomic E-state index is -4.78. The molecule has 11 heteroatoms. The third-order valence-corrected chi connectivity index (χ3v) is 6.28. The molecule has 1 fully saturated rings. The van der Waals surface area contributed by atoms with Crippen molar-refractivity contribution in [3.8, 4) is 11.4 Å². The summed E-state index contributed by atoms with van der Waals surface area (Å²) >= 11 is 12.7. The van der Waals surface area contributed by atoms with E-state index >= 15 is 0 Å². The number of benzene rings is 2. The van der Waals surface area contributed by atoms with Gasteiger partial charge in [-0.3, -0.25) is 14.4 Å². The maximum Gasteiger partial charge on any atom is 0.573 e. The molecule has 3 aromatic rings. The average Bonchev–Trinajstić information content (AvgIpc) is 2.98. The number of para-hydroxylation sites is 1. The molecule has 0 bridgehead atoms. The Morgan fingerprint density at radius 3 is 2.21 bits per heavy atom. The molecule has 0 atom stereocenters. The Hall–Kier alpha value is -2.62. The van der Waals surface area contributed by atoms with E-state index in [9.17, 15) is 18.0 Å². The van der Waals surface area contributed by atoms with Crippen LogP contribution in [0.15, 0.2) is 53.3 Å². The molecule has 0 N–H and O–H groups in total. The predicted octanol–water partition coefficient (Wildman–Crippen LogP) is 4.70. The molecule has 0 radical (unpaired) electrons. The fourth-order valence-corrected chi connectivity index (χ4v) is 4.45. The van der Waals surface area contributed by atoms with Crippen molar-refractivity contribution < 1.29 is 17.9 Å². The Morgan fingerprint density at radius 1 is 0.970 bits per heavy atom. The maximum absolute atomic E-state index is 12.8. The highest BCUT2D eigenvalue weighted by molar-refractivity contribution is 6.33. The van der Waals surface area contributed by atoms with E-state index in [4.69, 9.17) is 23.2 Å². The minimum absolute atomic E-state index is 0.0849. The zero-order valence-electron chi connectivity index (χ0n) is 17.6. The summed E-state index contributed by atoms with van der Waals surface area (Å²) in [4.78, 5) is 17.2. The van der Waals surface area contributed by atoms with Crippen LogP contribution in [0.1, 0.15) is 5.69 Å². The second kappa shape index (κ2) is 9.32. The van der Waals surface area contributed by atoms with Crippen molar-refractivity contribution in [3.63, 3.8) is 0 Å². The lowest BCUT2D eigenvalue weighted by molar-refractivity contribution is -0.274. The summed E-state index contributed by atoms with van der Waals surface area (Å²) in [6.07, 6.45) is -4.78. The van der Waals surface area contributed by atoms with Crippen molar-refractivity contribution >= 4 is 28.9 Å². The first-order valence-corrected chi connectivity index (χ1v) is 10.9. The van der Waals surface area contributed by atoms with Crippen molar-refractivity contribution in [3.05, 3.63) is 74.6 Å². The summed E-state index contributed by atoms with van der Waals surface area (Å²) in [7, 11) is 1.70. The largest absolute Gasteiger partial charge is 0.573 e. The zero-order valence-corrected chi connectivity index (χ0v) is 19.2. The highest BCUT2D eigenvalue weighted by atomic mass is 35.5. The van der Waals surface area contributed by atoms with Crippen LogP contribution in [0, 0.1) is 0 Å². The van der Waals surface area contributed by atoms with E-state index in [1.807, 2.05) is 24.3 Å². The first-order chi connectivity index (χ1) is 15.6. The number of hydrogen-bond acceptors (Lipinski definition) is 4. The van der Waals surface area contributed by atoms with Gasteiger partial charge >= 0.3 is 6.36 Å². The Morgan fingerprint density at radius 2 is 1.61 bits per heavy atom. The molecule has 0 amide bonds. The van der Waals surface area contributed by atoms with Crippen molar-refractivity contribution in [2.75, 3.05) is 31.1 Å². The van der Waals surface area contributed by atoms with Crippen LogP contribution in [-0.4, -0.2) is 46.8 Å². The van der Waals surface area contributed by atoms with Gasteiger partial charge in [0.2, 0.25) is 0 Å². The molecule has 1 aromatic heterocycles. The standard InChI is InChI=1S/C22H21Cl2F3N4O2/c1-28-19(14-29-10-12-30(13-11-29)18-5-3-2-4-17(18)23)20(24)21(32)31(28)15-6-8-16(9-7-15)33-22(25,26)27/h2-9H,10-14H2,1H3. The first-order valence-electron chi connectivity index (χ1n) is 10.2. The highest BCUT2D eigenvalue weighted by Gasteiger charge is 2.31. The summed E-state index contributed by atoms with van der Waals surface area (Å²) in [6, 6.07) is 12.8. The SMILES string of the molecule is Cn1c(CN2CCN(c3ccccc3Cl)CC2)c(Cl)c(=O)n1-c1ccc(OC(F)(F)F)cc1. The number of hydrogen-bond donors (Lipinski definition) is 0. The van der Waals surface area contributed by atoms with Crippen LogP contribution in [-0.2, 0) is 13.6 Å². The van der Waals surface area contributed by atoms with Crippen LogP contribution in [0.5, 0.6) is 5.75 Å². The van der Waals surface area contributed by atoms with Crippen molar-refractivity contribution in [1.82, 2.24) is 14.3 Å². The molecule has 0 saturated carbocycles. The van der Waals surface area contributed by atoms with Crippen molar-refractivity contribution in [2.45, 2.75) is 12.9 Å². The fourth-order valence-electron chi connectivity index (χ4n) is 3.93. The van der Waals surface area contributed by atoms with E-state index in [-0.39, 0.29) is 10.8 Å². The molecule has 1 saturated heterocycles. The number of piperazine rings is 1.